The molecule has 1 amide bonds. The van der Waals surface area contributed by atoms with Crippen LogP contribution in [0.3, 0.4) is 0 Å². The first kappa shape index (κ1) is 15.5. The Morgan fingerprint density at radius 1 is 1.38 bits per heavy atom. The van der Waals surface area contributed by atoms with Gasteiger partial charge < -0.3 is 10.4 Å². The van der Waals surface area contributed by atoms with E-state index in [0.717, 1.165) is 0 Å². The zero-order valence-electron chi connectivity index (χ0n) is 11.5. The molecule has 2 N–H and O–H groups in total. The first-order valence-corrected chi connectivity index (χ1v) is 7.45. The van der Waals surface area contributed by atoms with E-state index in [1.807, 2.05) is 13.0 Å². The minimum atomic E-state index is -0.918. The highest BCUT2D eigenvalue weighted by atomic mass is 79.9. The molecule has 1 aliphatic rings. The Morgan fingerprint density at radius 3 is 2.62 bits per heavy atom. The van der Waals surface area contributed by atoms with Gasteiger partial charge in [-0.2, -0.15) is 5.26 Å². The summed E-state index contributed by atoms with van der Waals surface area (Å²) in [6.07, 6.45) is 1.11. The molecule has 0 spiro atoms. The van der Waals surface area contributed by atoms with Crippen LogP contribution < -0.4 is 5.32 Å². The van der Waals surface area contributed by atoms with Crippen molar-refractivity contribution < 1.29 is 14.7 Å². The molecule has 0 radical (unpaired) electrons. The lowest BCUT2D eigenvalue weighted by Crippen LogP contribution is -2.30. The van der Waals surface area contributed by atoms with Gasteiger partial charge in [-0.3, -0.25) is 9.59 Å². The molecule has 1 fully saturated rings. The Balaban J connectivity index is 2.14. The van der Waals surface area contributed by atoms with E-state index in [1.165, 1.54) is 0 Å². The van der Waals surface area contributed by atoms with Crippen molar-refractivity contribution in [2.75, 3.05) is 5.32 Å². The van der Waals surface area contributed by atoms with Crippen LogP contribution in [0.25, 0.3) is 0 Å². The van der Waals surface area contributed by atoms with E-state index in [0.29, 0.717) is 28.6 Å². The third kappa shape index (κ3) is 3.42. The van der Waals surface area contributed by atoms with Gasteiger partial charge in [0.2, 0.25) is 5.91 Å². The summed E-state index contributed by atoms with van der Waals surface area (Å²) in [7, 11) is 0. The van der Waals surface area contributed by atoms with Gasteiger partial charge in [0.05, 0.1) is 29.2 Å². The number of carbonyl (C=O) groups is 2. The van der Waals surface area contributed by atoms with E-state index in [4.69, 9.17) is 5.26 Å². The Bertz CT molecular complexity index is 624. The monoisotopic (exact) mass is 350 g/mol. The molecule has 0 heterocycles. The van der Waals surface area contributed by atoms with Crippen molar-refractivity contribution >= 4 is 33.5 Å². The van der Waals surface area contributed by atoms with Crippen molar-refractivity contribution in [1.82, 2.24) is 0 Å². The number of anilines is 1. The maximum absolute atomic E-state index is 12.3. The van der Waals surface area contributed by atoms with E-state index in [2.05, 4.69) is 21.2 Å². The van der Waals surface area contributed by atoms with Gasteiger partial charge in [-0.1, -0.05) is 6.92 Å². The fourth-order valence-electron chi connectivity index (χ4n) is 2.77. The molecule has 1 aromatic rings. The second kappa shape index (κ2) is 6.27. The van der Waals surface area contributed by atoms with Crippen LogP contribution in [-0.2, 0) is 9.59 Å². The third-order valence-corrected chi connectivity index (χ3v) is 4.46. The normalized spacial score (nSPS) is 24.3. The van der Waals surface area contributed by atoms with Crippen molar-refractivity contribution in [2.24, 2.45) is 17.8 Å². The van der Waals surface area contributed by atoms with Crippen molar-refractivity contribution in [2.45, 2.75) is 19.8 Å². The second-order valence-electron chi connectivity index (χ2n) is 5.42. The van der Waals surface area contributed by atoms with Crippen molar-refractivity contribution in [3.8, 4) is 6.07 Å². The lowest BCUT2D eigenvalue weighted by Gasteiger charge is -2.16. The molecule has 5 nitrogen and oxygen atoms in total. The minimum Gasteiger partial charge on any atom is -0.481 e. The van der Waals surface area contributed by atoms with Gasteiger partial charge in [0.15, 0.2) is 0 Å². The number of amides is 1. The zero-order chi connectivity index (χ0) is 15.6. The molecule has 1 aliphatic carbocycles. The standard InChI is InChI=1S/C15H15BrN2O3/c1-8-4-10(11(5-8)15(20)21)14(19)18-13-3-2-9(7-17)6-12(13)16/h2-3,6,8,10-11H,4-5H2,1H3,(H,18,19)(H,20,21). The predicted molar refractivity (Wildman–Crippen MR) is 80.5 cm³/mol. The highest BCUT2D eigenvalue weighted by Crippen LogP contribution is 2.37. The number of nitrogens with one attached hydrogen (secondary N) is 1. The highest BCUT2D eigenvalue weighted by Gasteiger charge is 2.41. The van der Waals surface area contributed by atoms with Gasteiger partial charge in [0, 0.05) is 4.47 Å². The zero-order valence-corrected chi connectivity index (χ0v) is 13.1. The molecule has 6 heteroatoms. The molecule has 1 saturated carbocycles. The molecule has 21 heavy (non-hydrogen) atoms. The SMILES string of the molecule is CC1CC(C(=O)O)C(C(=O)Nc2ccc(C#N)cc2Br)C1. The van der Waals surface area contributed by atoms with E-state index in [1.54, 1.807) is 18.2 Å². The fourth-order valence-corrected chi connectivity index (χ4v) is 3.24. The lowest BCUT2D eigenvalue weighted by molar-refractivity contribution is -0.145. The molecule has 0 saturated heterocycles. The third-order valence-electron chi connectivity index (χ3n) is 3.81. The molecule has 2 rings (SSSR count). The first-order valence-electron chi connectivity index (χ1n) is 6.65. The second-order valence-corrected chi connectivity index (χ2v) is 6.28. The molecule has 3 atom stereocenters. The number of carbonyl (C=O) groups excluding carboxylic acids is 1. The highest BCUT2D eigenvalue weighted by molar-refractivity contribution is 9.10. The Labute approximate surface area is 131 Å². The lowest BCUT2D eigenvalue weighted by atomic mass is 9.95. The van der Waals surface area contributed by atoms with Gasteiger partial charge in [-0.15, -0.1) is 0 Å². The van der Waals surface area contributed by atoms with Crippen LogP contribution in [0.1, 0.15) is 25.3 Å². The van der Waals surface area contributed by atoms with Crippen LogP contribution in [-0.4, -0.2) is 17.0 Å². The van der Waals surface area contributed by atoms with E-state index in [-0.39, 0.29) is 11.8 Å². The van der Waals surface area contributed by atoms with Crippen LogP contribution in [0.4, 0.5) is 5.69 Å². The molecule has 0 aliphatic heterocycles. The first-order chi connectivity index (χ1) is 9.92. The van der Waals surface area contributed by atoms with Crippen molar-refractivity contribution in [1.29, 1.82) is 5.26 Å². The number of carboxylic acid groups (broad SMARTS) is 1. The van der Waals surface area contributed by atoms with Crippen LogP contribution in [0.5, 0.6) is 0 Å². The molecule has 1 aromatic carbocycles. The van der Waals surface area contributed by atoms with Gasteiger partial charge in [0.25, 0.3) is 0 Å². The summed E-state index contributed by atoms with van der Waals surface area (Å²) in [5.74, 6) is -2.11. The van der Waals surface area contributed by atoms with Gasteiger partial charge in [-0.25, -0.2) is 0 Å². The Hall–Kier alpha value is -1.87. The Kier molecular flexibility index (Phi) is 4.63. The van der Waals surface area contributed by atoms with Crippen LogP contribution in [0, 0.1) is 29.1 Å². The quantitative estimate of drug-likeness (QED) is 0.876. The minimum absolute atomic E-state index is 0.228. The van der Waals surface area contributed by atoms with Gasteiger partial charge >= 0.3 is 5.97 Å². The summed E-state index contributed by atoms with van der Waals surface area (Å²) in [6.45, 7) is 1.96. The molecular weight excluding hydrogens is 336 g/mol. The van der Waals surface area contributed by atoms with Crippen LogP contribution in [0.2, 0.25) is 0 Å². The number of aliphatic carboxylic acids is 1. The predicted octanol–water partition coefficient (Wildman–Crippen LogP) is 3.01. The average molecular weight is 351 g/mol. The number of carboxylic acids is 1. The molecule has 3 unspecified atom stereocenters. The van der Waals surface area contributed by atoms with Gasteiger partial charge in [-0.05, 0) is 52.9 Å². The summed E-state index contributed by atoms with van der Waals surface area (Å²) in [6, 6.07) is 6.86. The van der Waals surface area contributed by atoms with E-state index >= 15 is 0 Å². The maximum atomic E-state index is 12.3. The van der Waals surface area contributed by atoms with Crippen molar-refractivity contribution in [3.63, 3.8) is 0 Å². The van der Waals surface area contributed by atoms with Crippen molar-refractivity contribution in [3.05, 3.63) is 28.2 Å². The summed E-state index contributed by atoms with van der Waals surface area (Å²) in [5.41, 5.74) is 1.03. The Morgan fingerprint density at radius 2 is 2.05 bits per heavy atom. The molecule has 0 aromatic heterocycles. The maximum Gasteiger partial charge on any atom is 0.307 e. The molecular formula is C15H15BrN2O3. The number of rotatable bonds is 3. The number of nitrogens with zero attached hydrogens (tertiary/aromatic N) is 1. The van der Waals surface area contributed by atoms with Crippen LogP contribution in [0.15, 0.2) is 22.7 Å². The summed E-state index contributed by atoms with van der Waals surface area (Å²) in [5, 5.41) is 20.8. The summed E-state index contributed by atoms with van der Waals surface area (Å²) < 4.78 is 0.604. The fraction of sp³-hybridized carbons (Fsp3) is 0.400. The average Bonchev–Trinajstić information content (AvgIpc) is 2.83. The largest absolute Gasteiger partial charge is 0.481 e. The van der Waals surface area contributed by atoms with Gasteiger partial charge in [0.1, 0.15) is 0 Å². The number of halogens is 1. The number of nitriles is 1. The topological polar surface area (TPSA) is 90.2 Å². The summed E-state index contributed by atoms with van der Waals surface area (Å²) in [4.78, 5) is 23.6. The van der Waals surface area contributed by atoms with E-state index < -0.39 is 17.8 Å². The van der Waals surface area contributed by atoms with Crippen LogP contribution >= 0.6 is 15.9 Å². The molecule has 110 valence electrons. The smallest absolute Gasteiger partial charge is 0.307 e. The molecule has 0 bridgehead atoms. The summed E-state index contributed by atoms with van der Waals surface area (Å²) >= 11 is 3.30. The number of hydrogen-bond donors (Lipinski definition) is 2. The van der Waals surface area contributed by atoms with E-state index in [9.17, 15) is 14.7 Å². The number of hydrogen-bond acceptors (Lipinski definition) is 3. The number of benzene rings is 1.